The molecule has 0 atom stereocenters. The van der Waals surface area contributed by atoms with Crippen LogP contribution in [0.3, 0.4) is 0 Å². The predicted octanol–water partition coefficient (Wildman–Crippen LogP) is 0.996. The summed E-state index contributed by atoms with van der Waals surface area (Å²) in [6.45, 7) is 6.81. The Morgan fingerprint density at radius 1 is 1.56 bits per heavy atom. The van der Waals surface area contributed by atoms with Crippen LogP contribution in [0.1, 0.15) is 20.8 Å². The van der Waals surface area contributed by atoms with Gasteiger partial charge < -0.3 is 10.8 Å². The number of nitrogens with two attached hydrogens (primary N) is 1. The number of hydrogen-bond donors (Lipinski definition) is 2. The van der Waals surface area contributed by atoms with Crippen molar-refractivity contribution in [1.82, 2.24) is 0 Å². The number of amides is 1. The third-order valence-corrected chi connectivity index (χ3v) is 0. The van der Waals surface area contributed by atoms with E-state index in [9.17, 15) is 0 Å². The van der Waals surface area contributed by atoms with Gasteiger partial charge in [-0.2, -0.15) is 0 Å². The van der Waals surface area contributed by atoms with Gasteiger partial charge in [0.2, 0.25) is 0 Å². The molecule has 0 aliphatic heterocycles. The molecule has 3 nitrogen and oxygen atoms in total. The fraction of sp³-hybridized carbons (Fsp3) is 0.800. The summed E-state index contributed by atoms with van der Waals surface area (Å²) in [6.07, 6.45) is -1.33. The summed E-state index contributed by atoms with van der Waals surface area (Å²) in [5.41, 5.74) is 4.03. The first-order chi connectivity index (χ1) is 3.73. The van der Waals surface area contributed by atoms with Crippen molar-refractivity contribution in [2.24, 2.45) is 5.73 Å². The van der Waals surface area contributed by atoms with Crippen LogP contribution in [0.5, 0.6) is 0 Å². The van der Waals surface area contributed by atoms with Crippen molar-refractivity contribution in [1.29, 1.82) is 0 Å². The standard InChI is InChI=1S/C4H9.CH3NO2.K/c1-4(2)3;2-1(3)4;/h1-3H3;2H2,(H,3,4);. The number of hydrogen-bond acceptors (Lipinski definition) is 1. The molecule has 3 N–H and O–H groups in total. The van der Waals surface area contributed by atoms with Gasteiger partial charge in [0.25, 0.3) is 0 Å². The number of carbonyl (C=O) groups is 1. The first kappa shape index (κ1) is 12.6. The van der Waals surface area contributed by atoms with E-state index in [0.29, 0.717) is -0.490 Å². The normalized spacial score (nSPS) is 9.44. The van der Waals surface area contributed by atoms with Crippen molar-refractivity contribution >= 4 is 55.0 Å². The van der Waals surface area contributed by atoms with Gasteiger partial charge in [-0.15, -0.1) is 0 Å². The average Bonchev–Trinajstić information content (AvgIpc) is 1.19. The Morgan fingerprint density at radius 3 is 1.56 bits per heavy atom. The molecule has 0 radical (unpaired) electrons. The molecule has 0 heterocycles. The monoisotopic (exact) mass is 157 g/mol. The van der Waals surface area contributed by atoms with Crippen LogP contribution in [-0.2, 0) is 0 Å². The zero-order valence-electron chi connectivity index (χ0n) is 6.43. The predicted molar refractivity (Wildman–Crippen MR) is 37.7 cm³/mol. The molecule has 0 spiro atoms. The summed E-state index contributed by atoms with van der Waals surface area (Å²) in [5, 5.41) is 7.19. The quantitative estimate of drug-likeness (QED) is 0.515. The minimum absolute atomic E-state index is 0.688. The van der Waals surface area contributed by atoms with E-state index in [0.717, 1.165) is 49.0 Å². The van der Waals surface area contributed by atoms with E-state index in [1.807, 2.05) is 0 Å². The first-order valence-corrected chi connectivity index (χ1v) is 4.28. The topological polar surface area (TPSA) is 63.3 Å². The molecular weight excluding hydrogens is 145 g/mol. The molecule has 0 rings (SSSR count). The van der Waals surface area contributed by atoms with Crippen molar-refractivity contribution in [3.63, 3.8) is 0 Å². The van der Waals surface area contributed by atoms with E-state index in [2.05, 4.69) is 26.5 Å². The SMILES string of the molecule is C[C](C)(C)[K].NC(=O)O. The molecule has 0 aromatic heterocycles. The minimum atomic E-state index is -1.33. The molecule has 0 bridgehead atoms. The molecular formula is C5H12KNO2. The van der Waals surface area contributed by atoms with Gasteiger partial charge in [-0.25, -0.2) is 4.79 Å². The second-order valence-electron chi connectivity index (χ2n) is 3.34. The van der Waals surface area contributed by atoms with Gasteiger partial charge in [0.05, 0.1) is 0 Å². The average molecular weight is 157 g/mol. The van der Waals surface area contributed by atoms with Gasteiger partial charge in [0, 0.05) is 0 Å². The molecule has 0 saturated heterocycles. The van der Waals surface area contributed by atoms with Gasteiger partial charge in [-0.3, -0.25) is 0 Å². The molecule has 0 aromatic rings. The zero-order valence-corrected chi connectivity index (χ0v) is 9.56. The molecule has 0 unspecified atom stereocenters. The van der Waals surface area contributed by atoms with Gasteiger partial charge in [0.15, 0.2) is 0 Å². The molecule has 0 aromatic carbocycles. The van der Waals surface area contributed by atoms with Crippen molar-refractivity contribution in [2.75, 3.05) is 0 Å². The molecule has 0 aliphatic carbocycles. The number of primary amides is 1. The zero-order chi connectivity index (χ0) is 8.08. The van der Waals surface area contributed by atoms with Gasteiger partial charge >= 0.3 is 75.3 Å². The largest absolute Gasteiger partial charge is 0.465 e. The molecule has 0 aliphatic rings. The van der Waals surface area contributed by atoms with Crippen LogP contribution in [-0.4, -0.2) is 60.2 Å². The first-order valence-electron chi connectivity index (χ1n) is 2.72. The minimum Gasteiger partial charge on any atom is -0.465 e. The Bertz CT molecular complexity index is 77.4. The van der Waals surface area contributed by atoms with Crippen LogP contribution >= 0.6 is 0 Å². The Morgan fingerprint density at radius 2 is 1.56 bits per heavy atom. The van der Waals surface area contributed by atoms with Gasteiger partial charge in [0.1, 0.15) is 0 Å². The Labute approximate surface area is 89.6 Å². The second-order valence-corrected chi connectivity index (χ2v) is 8.02. The summed E-state index contributed by atoms with van der Waals surface area (Å²) in [7, 11) is 0. The Balaban J connectivity index is 0. The molecule has 0 fully saturated rings. The van der Waals surface area contributed by atoms with Crippen LogP contribution < -0.4 is 5.73 Å². The fourth-order valence-electron chi connectivity index (χ4n) is 0. The smallest absolute Gasteiger partial charge is 0.402 e. The summed E-state index contributed by atoms with van der Waals surface area (Å²) < 4.78 is 0.688. The van der Waals surface area contributed by atoms with Crippen LogP contribution in [0.15, 0.2) is 0 Å². The van der Waals surface area contributed by atoms with Gasteiger partial charge in [-0.1, -0.05) is 0 Å². The van der Waals surface area contributed by atoms with Gasteiger partial charge in [-0.05, 0) is 0 Å². The van der Waals surface area contributed by atoms with E-state index in [4.69, 9.17) is 9.90 Å². The van der Waals surface area contributed by atoms with Crippen molar-refractivity contribution in [3.05, 3.63) is 0 Å². The van der Waals surface area contributed by atoms with Crippen LogP contribution in [0.2, 0.25) is -0.490 Å². The van der Waals surface area contributed by atoms with Crippen LogP contribution in [0.4, 0.5) is 4.79 Å². The van der Waals surface area contributed by atoms with E-state index >= 15 is 0 Å². The third kappa shape index (κ3) is 517. The van der Waals surface area contributed by atoms with E-state index in [1.165, 1.54) is 0 Å². The van der Waals surface area contributed by atoms with E-state index in [-0.39, 0.29) is 0 Å². The maximum Gasteiger partial charge on any atom is 0.402 e. The summed E-state index contributed by atoms with van der Waals surface area (Å²) >= 11 is 1.00. The molecule has 9 heavy (non-hydrogen) atoms. The number of carboxylic acid groups (broad SMARTS) is 1. The molecule has 50 valence electrons. The summed E-state index contributed by atoms with van der Waals surface area (Å²) in [4.78, 5) is 8.78. The Kier molecular flexibility index (Phi) is 7.92. The number of rotatable bonds is 0. The van der Waals surface area contributed by atoms with Crippen LogP contribution in [0.25, 0.3) is 0 Å². The van der Waals surface area contributed by atoms with Crippen LogP contribution in [0, 0.1) is 0 Å². The molecule has 4 heteroatoms. The molecule has 1 amide bonds. The van der Waals surface area contributed by atoms with Crippen molar-refractivity contribution in [3.8, 4) is 0 Å². The fourth-order valence-corrected chi connectivity index (χ4v) is 0. The maximum absolute atomic E-state index is 8.78. The maximum atomic E-state index is 8.78. The van der Waals surface area contributed by atoms with E-state index in [1.54, 1.807) is 0 Å². The third-order valence-electron chi connectivity index (χ3n) is 0. The van der Waals surface area contributed by atoms with Crippen molar-refractivity contribution in [2.45, 2.75) is 20.3 Å². The summed E-state index contributed by atoms with van der Waals surface area (Å²) in [6, 6.07) is 0. The molecule has 0 saturated carbocycles. The van der Waals surface area contributed by atoms with E-state index < -0.39 is 6.09 Å². The second kappa shape index (κ2) is 5.67. The Hall–Kier alpha value is 0.906. The summed E-state index contributed by atoms with van der Waals surface area (Å²) in [5.74, 6) is 0. The van der Waals surface area contributed by atoms with Crippen molar-refractivity contribution < 1.29 is 9.90 Å².